The van der Waals surface area contributed by atoms with Crippen LogP contribution in [0, 0.1) is 0 Å². The van der Waals surface area contributed by atoms with Crippen molar-refractivity contribution < 1.29 is 33.8 Å². The van der Waals surface area contributed by atoms with E-state index in [0.29, 0.717) is 12.0 Å². The van der Waals surface area contributed by atoms with Gasteiger partial charge in [-0.05, 0) is 30.0 Å². The molecule has 10 heteroatoms. The van der Waals surface area contributed by atoms with Gasteiger partial charge in [0.2, 0.25) is 0 Å². The Hall–Kier alpha value is -0.590. The molecule has 1 aliphatic rings. The van der Waals surface area contributed by atoms with Crippen molar-refractivity contribution in [3.63, 3.8) is 0 Å². The van der Waals surface area contributed by atoms with Gasteiger partial charge in [-0.15, -0.1) is 0 Å². The second-order valence-corrected chi connectivity index (χ2v) is 8.33. The molecular weight excluding hydrogens is 296 g/mol. The minimum atomic E-state index is -5.45. The molecule has 106 valence electrons. The van der Waals surface area contributed by atoms with E-state index in [1.807, 2.05) is 0 Å². The highest BCUT2D eigenvalue weighted by molar-refractivity contribution is 7.72. The number of fused-ring (bicyclic) bond motifs is 1. The molecule has 2 rings (SSSR count). The molecule has 0 aromatic carbocycles. The zero-order valence-corrected chi connectivity index (χ0v) is 11.4. The van der Waals surface area contributed by atoms with Crippen LogP contribution in [0.15, 0.2) is 18.5 Å². The lowest BCUT2D eigenvalue weighted by molar-refractivity contribution is 0.106. The van der Waals surface area contributed by atoms with Crippen LogP contribution in [0.25, 0.3) is 0 Å². The van der Waals surface area contributed by atoms with Gasteiger partial charge >= 0.3 is 15.2 Å². The summed E-state index contributed by atoms with van der Waals surface area (Å²) in [6.45, 7) is 0. The van der Waals surface area contributed by atoms with Crippen molar-refractivity contribution in [2.24, 2.45) is 0 Å². The van der Waals surface area contributed by atoms with Crippen LogP contribution in [-0.2, 0) is 15.6 Å². The molecule has 0 spiro atoms. The SMILES string of the molecule is O=P(O)(O)C(O)(C1CCc2ccncc21)P(=O)(O)O. The molecule has 0 fully saturated rings. The average molecular weight is 309 g/mol. The first-order valence-electron chi connectivity index (χ1n) is 5.35. The molecule has 0 aliphatic heterocycles. The van der Waals surface area contributed by atoms with Crippen LogP contribution in [-0.4, -0.2) is 34.7 Å². The minimum absolute atomic E-state index is 0.0355. The highest BCUT2D eigenvalue weighted by atomic mass is 31.2. The van der Waals surface area contributed by atoms with Gasteiger partial charge in [0.15, 0.2) is 0 Å². The summed E-state index contributed by atoms with van der Waals surface area (Å²) in [7, 11) is -10.9. The summed E-state index contributed by atoms with van der Waals surface area (Å²) in [5.74, 6) is -1.35. The lowest BCUT2D eigenvalue weighted by Gasteiger charge is -2.34. The lowest BCUT2D eigenvalue weighted by atomic mass is 10.0. The number of hydrogen-bond donors (Lipinski definition) is 5. The Morgan fingerprint density at radius 1 is 1.21 bits per heavy atom. The van der Waals surface area contributed by atoms with Gasteiger partial charge in [0.1, 0.15) is 0 Å². The monoisotopic (exact) mass is 309 g/mol. The van der Waals surface area contributed by atoms with E-state index in [1.54, 1.807) is 6.07 Å². The van der Waals surface area contributed by atoms with Crippen LogP contribution in [0.5, 0.6) is 0 Å². The Morgan fingerprint density at radius 3 is 2.32 bits per heavy atom. The Balaban J connectivity index is 2.62. The van der Waals surface area contributed by atoms with Gasteiger partial charge in [0, 0.05) is 18.3 Å². The van der Waals surface area contributed by atoms with E-state index >= 15 is 0 Å². The molecule has 1 atom stereocenters. The van der Waals surface area contributed by atoms with Crippen molar-refractivity contribution in [1.82, 2.24) is 4.98 Å². The number of aromatic nitrogens is 1. The number of pyridine rings is 1. The highest BCUT2D eigenvalue weighted by Crippen LogP contribution is 2.73. The Kier molecular flexibility index (Phi) is 3.48. The second-order valence-electron chi connectivity index (χ2n) is 4.44. The molecule has 1 heterocycles. The number of nitrogens with zero attached hydrogens (tertiary/aromatic N) is 1. The van der Waals surface area contributed by atoms with Crippen molar-refractivity contribution in [2.45, 2.75) is 23.8 Å². The molecule has 0 bridgehead atoms. The maximum absolute atomic E-state index is 11.4. The number of hydrogen-bond acceptors (Lipinski definition) is 4. The van der Waals surface area contributed by atoms with E-state index in [4.69, 9.17) is 0 Å². The van der Waals surface area contributed by atoms with Crippen molar-refractivity contribution in [3.8, 4) is 0 Å². The summed E-state index contributed by atoms with van der Waals surface area (Å²) in [6.07, 6.45) is 3.14. The smallest absolute Gasteiger partial charge is 0.367 e. The third kappa shape index (κ3) is 2.19. The van der Waals surface area contributed by atoms with E-state index in [-0.39, 0.29) is 12.0 Å². The van der Waals surface area contributed by atoms with E-state index in [9.17, 15) is 33.8 Å². The fourth-order valence-electron chi connectivity index (χ4n) is 2.41. The van der Waals surface area contributed by atoms with E-state index in [2.05, 4.69) is 4.98 Å². The topological polar surface area (TPSA) is 148 Å². The Bertz CT molecular complexity index is 570. The van der Waals surface area contributed by atoms with Crippen molar-refractivity contribution in [1.29, 1.82) is 0 Å². The quantitative estimate of drug-likeness (QED) is 0.494. The van der Waals surface area contributed by atoms with Crippen LogP contribution >= 0.6 is 15.2 Å². The summed E-state index contributed by atoms with van der Waals surface area (Å²) in [5, 5.41) is 6.67. The molecular formula is C9H13NO7P2. The van der Waals surface area contributed by atoms with Gasteiger partial charge in [-0.1, -0.05) is 0 Å². The summed E-state index contributed by atoms with van der Waals surface area (Å²) in [4.78, 5) is 40.6. The number of aliphatic hydroxyl groups is 1. The van der Waals surface area contributed by atoms with Gasteiger partial charge in [-0.25, -0.2) is 0 Å². The van der Waals surface area contributed by atoms with Gasteiger partial charge in [-0.3, -0.25) is 14.1 Å². The van der Waals surface area contributed by atoms with E-state index < -0.39 is 26.2 Å². The van der Waals surface area contributed by atoms with Gasteiger partial charge in [0.25, 0.3) is 5.08 Å². The third-order valence-corrected chi connectivity index (χ3v) is 7.25. The highest BCUT2D eigenvalue weighted by Gasteiger charge is 2.65. The number of rotatable bonds is 3. The summed E-state index contributed by atoms with van der Waals surface area (Å²) in [6, 6.07) is 1.59. The van der Waals surface area contributed by atoms with Crippen molar-refractivity contribution in [3.05, 3.63) is 29.6 Å². The van der Waals surface area contributed by atoms with Crippen molar-refractivity contribution >= 4 is 15.2 Å². The first-order valence-corrected chi connectivity index (χ1v) is 8.58. The largest absolute Gasteiger partial charge is 0.370 e. The normalized spacial score (nSPS) is 20.4. The fraction of sp³-hybridized carbons (Fsp3) is 0.444. The standard InChI is InChI=1S/C9H13NO7P2/c11-9(18(12,13)14,19(15,16)17)8-2-1-6-3-4-10-5-7(6)8/h3-5,8,11H,1-2H2,(H2,12,13,14)(H2,15,16,17). The summed E-state index contributed by atoms with van der Waals surface area (Å²) < 4.78 is 22.9. The molecule has 5 N–H and O–H groups in total. The summed E-state index contributed by atoms with van der Waals surface area (Å²) in [5.41, 5.74) is 0.928. The molecule has 19 heavy (non-hydrogen) atoms. The van der Waals surface area contributed by atoms with Crippen LogP contribution in [0.1, 0.15) is 23.5 Å². The lowest BCUT2D eigenvalue weighted by Crippen LogP contribution is -2.35. The van der Waals surface area contributed by atoms with Crippen molar-refractivity contribution in [2.75, 3.05) is 0 Å². The minimum Gasteiger partial charge on any atom is -0.367 e. The van der Waals surface area contributed by atoms with Gasteiger partial charge < -0.3 is 24.7 Å². The fourth-order valence-corrected chi connectivity index (χ4v) is 5.12. The second kappa shape index (κ2) is 4.46. The molecule has 0 saturated carbocycles. The number of aryl methyl sites for hydroxylation is 1. The van der Waals surface area contributed by atoms with Crippen LogP contribution in [0.3, 0.4) is 0 Å². The maximum Gasteiger partial charge on any atom is 0.370 e. The zero-order valence-electron chi connectivity index (χ0n) is 9.62. The molecule has 1 unspecified atom stereocenters. The molecule has 0 radical (unpaired) electrons. The molecule has 8 nitrogen and oxygen atoms in total. The first-order chi connectivity index (χ1) is 8.59. The zero-order chi connectivity index (χ0) is 14.5. The third-order valence-electron chi connectivity index (χ3n) is 3.35. The molecule has 1 aromatic heterocycles. The average Bonchev–Trinajstić information content (AvgIpc) is 2.68. The Morgan fingerprint density at radius 2 is 1.79 bits per heavy atom. The predicted octanol–water partition coefficient (Wildman–Crippen LogP) is 0.113. The van der Waals surface area contributed by atoms with Crippen LogP contribution in [0.4, 0.5) is 0 Å². The van der Waals surface area contributed by atoms with Crippen LogP contribution in [0.2, 0.25) is 0 Å². The van der Waals surface area contributed by atoms with Crippen LogP contribution < -0.4 is 0 Å². The molecule has 1 aromatic rings. The summed E-state index contributed by atoms with van der Waals surface area (Å²) >= 11 is 0. The molecule has 1 aliphatic carbocycles. The molecule has 0 amide bonds. The van der Waals surface area contributed by atoms with E-state index in [0.717, 1.165) is 0 Å². The predicted molar refractivity (Wildman–Crippen MR) is 64.3 cm³/mol. The first kappa shape index (κ1) is 14.8. The maximum atomic E-state index is 11.4. The van der Waals surface area contributed by atoms with E-state index in [1.165, 1.54) is 12.4 Å². The van der Waals surface area contributed by atoms with Gasteiger partial charge in [0.05, 0.1) is 0 Å². The Labute approximate surface area is 108 Å². The van der Waals surface area contributed by atoms with Gasteiger partial charge in [-0.2, -0.15) is 0 Å². The molecule has 0 saturated heterocycles.